The standard InChI is InChI=1S/C12H18N2O2/c1-9-4-6-10(7-5-9)11(15)14-12(2,3)8-16-13/h4-7H,8,13H2,1-3H3,(H,14,15). The highest BCUT2D eigenvalue weighted by Gasteiger charge is 2.21. The Morgan fingerprint density at radius 2 is 1.94 bits per heavy atom. The van der Waals surface area contributed by atoms with E-state index in [1.54, 1.807) is 12.1 Å². The average Bonchev–Trinajstić information content (AvgIpc) is 2.17. The molecule has 3 N–H and O–H groups in total. The summed E-state index contributed by atoms with van der Waals surface area (Å²) < 4.78 is 0. The second kappa shape index (κ2) is 5.09. The third-order valence-electron chi connectivity index (χ3n) is 2.21. The third-order valence-corrected chi connectivity index (χ3v) is 2.21. The van der Waals surface area contributed by atoms with Crippen molar-refractivity contribution in [2.45, 2.75) is 26.3 Å². The van der Waals surface area contributed by atoms with E-state index in [0.29, 0.717) is 5.56 Å². The highest BCUT2D eigenvalue weighted by Crippen LogP contribution is 2.07. The number of nitrogens with two attached hydrogens (primary N) is 1. The smallest absolute Gasteiger partial charge is 0.251 e. The fourth-order valence-corrected chi connectivity index (χ4v) is 1.33. The first kappa shape index (κ1) is 12.7. The summed E-state index contributed by atoms with van der Waals surface area (Å²) in [6.07, 6.45) is 0. The van der Waals surface area contributed by atoms with Gasteiger partial charge in [0.2, 0.25) is 0 Å². The zero-order chi connectivity index (χ0) is 12.2. The number of carbonyl (C=O) groups excluding carboxylic acids is 1. The highest BCUT2D eigenvalue weighted by atomic mass is 16.6. The molecule has 16 heavy (non-hydrogen) atoms. The quantitative estimate of drug-likeness (QED) is 0.757. The Hall–Kier alpha value is -1.39. The fourth-order valence-electron chi connectivity index (χ4n) is 1.33. The van der Waals surface area contributed by atoms with Crippen molar-refractivity contribution in [2.24, 2.45) is 5.90 Å². The molecule has 4 heteroatoms. The molecule has 0 spiro atoms. The van der Waals surface area contributed by atoms with Crippen molar-refractivity contribution in [3.05, 3.63) is 35.4 Å². The molecule has 0 aromatic heterocycles. The van der Waals surface area contributed by atoms with E-state index < -0.39 is 5.54 Å². The first-order valence-electron chi connectivity index (χ1n) is 5.15. The van der Waals surface area contributed by atoms with Gasteiger partial charge in [-0.3, -0.25) is 4.79 Å². The molecule has 0 saturated heterocycles. The molecule has 1 aromatic rings. The Kier molecular flexibility index (Phi) is 4.04. The predicted octanol–water partition coefficient (Wildman–Crippen LogP) is 1.39. The van der Waals surface area contributed by atoms with Gasteiger partial charge in [0.15, 0.2) is 0 Å². The van der Waals surface area contributed by atoms with Gasteiger partial charge in [0.05, 0.1) is 12.1 Å². The lowest BCUT2D eigenvalue weighted by Gasteiger charge is -2.24. The van der Waals surface area contributed by atoms with Crippen molar-refractivity contribution < 1.29 is 9.63 Å². The molecule has 88 valence electrons. The molecule has 0 aliphatic carbocycles. The number of hydrogen-bond donors (Lipinski definition) is 2. The topological polar surface area (TPSA) is 64.3 Å². The maximum Gasteiger partial charge on any atom is 0.251 e. The van der Waals surface area contributed by atoms with Gasteiger partial charge in [-0.05, 0) is 32.9 Å². The van der Waals surface area contributed by atoms with Crippen LogP contribution in [0.1, 0.15) is 29.8 Å². The zero-order valence-corrected chi connectivity index (χ0v) is 9.91. The van der Waals surface area contributed by atoms with Crippen LogP contribution in [-0.2, 0) is 4.84 Å². The molecule has 0 unspecified atom stereocenters. The van der Waals surface area contributed by atoms with Crippen LogP contribution in [0.5, 0.6) is 0 Å². The summed E-state index contributed by atoms with van der Waals surface area (Å²) in [7, 11) is 0. The maximum absolute atomic E-state index is 11.8. The van der Waals surface area contributed by atoms with Crippen LogP contribution in [0.25, 0.3) is 0 Å². The summed E-state index contributed by atoms with van der Waals surface area (Å²) in [5.41, 5.74) is 1.29. The number of benzene rings is 1. The normalized spacial score (nSPS) is 11.2. The van der Waals surface area contributed by atoms with E-state index >= 15 is 0 Å². The number of carbonyl (C=O) groups is 1. The molecular formula is C12H18N2O2. The summed E-state index contributed by atoms with van der Waals surface area (Å²) in [4.78, 5) is 16.4. The molecule has 1 rings (SSSR count). The molecular weight excluding hydrogens is 204 g/mol. The summed E-state index contributed by atoms with van der Waals surface area (Å²) in [5.74, 6) is 4.87. The molecule has 0 aliphatic rings. The third kappa shape index (κ3) is 3.64. The number of rotatable bonds is 4. The zero-order valence-electron chi connectivity index (χ0n) is 9.91. The monoisotopic (exact) mass is 222 g/mol. The van der Waals surface area contributed by atoms with E-state index in [-0.39, 0.29) is 12.5 Å². The highest BCUT2D eigenvalue weighted by molar-refractivity contribution is 5.94. The summed E-state index contributed by atoms with van der Waals surface area (Å²) >= 11 is 0. The molecule has 0 radical (unpaired) electrons. The van der Waals surface area contributed by atoms with E-state index in [4.69, 9.17) is 5.90 Å². The van der Waals surface area contributed by atoms with Crippen LogP contribution in [0.2, 0.25) is 0 Å². The molecule has 1 aromatic carbocycles. The molecule has 0 heterocycles. The first-order chi connectivity index (χ1) is 7.44. The van der Waals surface area contributed by atoms with Crippen molar-refractivity contribution in [2.75, 3.05) is 6.61 Å². The molecule has 4 nitrogen and oxygen atoms in total. The minimum absolute atomic E-state index is 0.123. The Labute approximate surface area is 95.7 Å². The van der Waals surface area contributed by atoms with E-state index in [1.807, 2.05) is 32.9 Å². The largest absolute Gasteiger partial charge is 0.345 e. The van der Waals surface area contributed by atoms with Crippen molar-refractivity contribution >= 4 is 5.91 Å². The van der Waals surface area contributed by atoms with Crippen molar-refractivity contribution in [1.82, 2.24) is 5.32 Å². The van der Waals surface area contributed by atoms with Gasteiger partial charge < -0.3 is 10.2 Å². The van der Waals surface area contributed by atoms with Crippen LogP contribution in [0.3, 0.4) is 0 Å². The lowest BCUT2D eigenvalue weighted by atomic mass is 10.1. The van der Waals surface area contributed by atoms with Crippen LogP contribution >= 0.6 is 0 Å². The Balaban J connectivity index is 2.69. The van der Waals surface area contributed by atoms with Gasteiger partial charge in [-0.2, -0.15) is 0 Å². The maximum atomic E-state index is 11.8. The van der Waals surface area contributed by atoms with E-state index in [1.165, 1.54) is 0 Å². The van der Waals surface area contributed by atoms with Crippen molar-refractivity contribution in [3.8, 4) is 0 Å². The number of nitrogens with one attached hydrogen (secondary N) is 1. The summed E-state index contributed by atoms with van der Waals surface area (Å²) in [6.45, 7) is 5.95. The van der Waals surface area contributed by atoms with Gasteiger partial charge in [-0.25, -0.2) is 5.90 Å². The SMILES string of the molecule is Cc1ccc(C(=O)NC(C)(C)CON)cc1. The Morgan fingerprint density at radius 1 is 1.38 bits per heavy atom. The Morgan fingerprint density at radius 3 is 2.44 bits per heavy atom. The lowest BCUT2D eigenvalue weighted by Crippen LogP contribution is -2.47. The second-order valence-electron chi connectivity index (χ2n) is 4.52. The van der Waals surface area contributed by atoms with Gasteiger partial charge >= 0.3 is 0 Å². The fraction of sp³-hybridized carbons (Fsp3) is 0.417. The van der Waals surface area contributed by atoms with Gasteiger partial charge in [0.1, 0.15) is 0 Å². The van der Waals surface area contributed by atoms with Gasteiger partial charge in [0.25, 0.3) is 5.91 Å². The molecule has 0 aliphatic heterocycles. The number of hydrogen-bond acceptors (Lipinski definition) is 3. The van der Waals surface area contributed by atoms with Crippen LogP contribution < -0.4 is 11.2 Å². The van der Waals surface area contributed by atoms with Crippen LogP contribution in [0, 0.1) is 6.92 Å². The van der Waals surface area contributed by atoms with E-state index in [2.05, 4.69) is 10.2 Å². The lowest BCUT2D eigenvalue weighted by molar-refractivity contribution is 0.0687. The van der Waals surface area contributed by atoms with Gasteiger partial charge in [-0.1, -0.05) is 17.7 Å². The van der Waals surface area contributed by atoms with Gasteiger partial charge in [0, 0.05) is 5.56 Å². The van der Waals surface area contributed by atoms with Crippen molar-refractivity contribution in [1.29, 1.82) is 0 Å². The molecule has 0 atom stereocenters. The molecule has 1 amide bonds. The number of amides is 1. The van der Waals surface area contributed by atoms with E-state index in [9.17, 15) is 4.79 Å². The molecule has 0 bridgehead atoms. The first-order valence-corrected chi connectivity index (χ1v) is 5.15. The Bertz CT molecular complexity index is 358. The predicted molar refractivity (Wildman–Crippen MR) is 62.9 cm³/mol. The van der Waals surface area contributed by atoms with Crippen LogP contribution in [-0.4, -0.2) is 18.1 Å². The van der Waals surface area contributed by atoms with Crippen molar-refractivity contribution in [3.63, 3.8) is 0 Å². The number of aryl methyl sites for hydroxylation is 1. The second-order valence-corrected chi connectivity index (χ2v) is 4.52. The minimum Gasteiger partial charge on any atom is -0.345 e. The van der Waals surface area contributed by atoms with E-state index in [0.717, 1.165) is 5.56 Å². The van der Waals surface area contributed by atoms with Crippen LogP contribution in [0.4, 0.5) is 0 Å². The molecule has 0 fully saturated rings. The summed E-state index contributed by atoms with van der Waals surface area (Å²) in [5, 5.41) is 2.85. The minimum atomic E-state index is -0.475. The summed E-state index contributed by atoms with van der Waals surface area (Å²) in [6, 6.07) is 7.40. The van der Waals surface area contributed by atoms with Gasteiger partial charge in [-0.15, -0.1) is 0 Å². The van der Waals surface area contributed by atoms with Crippen LogP contribution in [0.15, 0.2) is 24.3 Å². The average molecular weight is 222 g/mol. The molecule has 0 saturated carbocycles.